The van der Waals surface area contributed by atoms with Crippen molar-refractivity contribution in [3.05, 3.63) is 35.2 Å². The fourth-order valence-corrected chi connectivity index (χ4v) is 5.61. The van der Waals surface area contributed by atoms with E-state index in [2.05, 4.69) is 25.4 Å². The second-order valence-electron chi connectivity index (χ2n) is 7.50. The molecule has 3 aromatic heterocycles. The van der Waals surface area contributed by atoms with Crippen molar-refractivity contribution in [3.63, 3.8) is 0 Å². The topological polar surface area (TPSA) is 106 Å². The predicted octanol–water partition coefficient (Wildman–Crippen LogP) is 2.87. The van der Waals surface area contributed by atoms with Gasteiger partial charge in [-0.15, -0.1) is 11.3 Å². The number of rotatable bonds is 5. The summed E-state index contributed by atoms with van der Waals surface area (Å²) in [5.41, 5.74) is -1.44. The van der Waals surface area contributed by atoms with E-state index in [1.807, 2.05) is 0 Å². The van der Waals surface area contributed by atoms with Gasteiger partial charge in [0.05, 0.1) is 12.2 Å². The third-order valence-corrected chi connectivity index (χ3v) is 7.79. The molecule has 0 bridgehead atoms. The number of hydrogen-bond acceptors (Lipinski definition) is 8. The molecular formula is C18H19F4N7O2S2. The van der Waals surface area contributed by atoms with Gasteiger partial charge in [0.1, 0.15) is 27.3 Å². The molecule has 15 heteroatoms. The fraction of sp³-hybridized carbons (Fsp3) is 0.444. The van der Waals surface area contributed by atoms with Crippen LogP contribution in [0.25, 0.3) is 10.7 Å². The molecule has 33 heavy (non-hydrogen) atoms. The third kappa shape index (κ3) is 4.84. The Balaban J connectivity index is 1.53. The number of anilines is 1. The average molecular weight is 506 g/mol. The van der Waals surface area contributed by atoms with Gasteiger partial charge in [-0.05, 0) is 13.3 Å². The molecule has 2 atom stereocenters. The Kier molecular flexibility index (Phi) is 6.13. The first-order valence-corrected chi connectivity index (χ1v) is 12.0. The van der Waals surface area contributed by atoms with Gasteiger partial charge in [0.25, 0.3) is 0 Å². The van der Waals surface area contributed by atoms with E-state index in [-0.39, 0.29) is 28.8 Å². The maximum Gasteiger partial charge on any atom is 0.420 e. The van der Waals surface area contributed by atoms with E-state index in [0.717, 1.165) is 15.6 Å². The van der Waals surface area contributed by atoms with Crippen molar-refractivity contribution in [2.45, 2.75) is 36.6 Å². The van der Waals surface area contributed by atoms with E-state index >= 15 is 0 Å². The number of halogens is 4. The molecule has 1 fully saturated rings. The minimum atomic E-state index is -4.69. The van der Waals surface area contributed by atoms with Crippen LogP contribution in [0.15, 0.2) is 29.7 Å². The quantitative estimate of drug-likeness (QED) is 0.532. The highest BCUT2D eigenvalue weighted by atomic mass is 32.2. The normalized spacial score (nSPS) is 20.2. The van der Waals surface area contributed by atoms with Gasteiger partial charge in [-0.2, -0.15) is 22.6 Å². The number of thiazole rings is 1. The van der Waals surface area contributed by atoms with Crippen LogP contribution in [0.1, 0.15) is 16.9 Å². The summed E-state index contributed by atoms with van der Waals surface area (Å²) in [4.78, 5) is 12.3. The van der Waals surface area contributed by atoms with Gasteiger partial charge in [-0.3, -0.25) is 4.68 Å². The predicted molar refractivity (Wildman–Crippen MR) is 112 cm³/mol. The van der Waals surface area contributed by atoms with Gasteiger partial charge in [-0.1, -0.05) is 0 Å². The molecule has 1 saturated heterocycles. The highest BCUT2D eigenvalue weighted by molar-refractivity contribution is 7.89. The maximum atomic E-state index is 14.9. The first-order valence-electron chi connectivity index (χ1n) is 9.71. The Hall–Kier alpha value is -2.65. The fourth-order valence-electron chi connectivity index (χ4n) is 3.39. The standard InChI is InChI=1S/C18H19F4N7O2S2/c1-10-5-23-16(32-10)15-12(18(20,21)22)7-24-17(27-15)26-14-3-4-29(9-13(14)19)33(30,31)11-6-25-28(2)8-11/h5-8,13-14H,3-4,9H2,1-2H3,(H,24,26,27)/t13-,14+/m1/s1. The van der Waals surface area contributed by atoms with Crippen LogP contribution in [-0.2, 0) is 23.2 Å². The Labute approximate surface area is 190 Å². The average Bonchev–Trinajstić information content (AvgIpc) is 3.37. The van der Waals surface area contributed by atoms with Crippen molar-refractivity contribution in [1.29, 1.82) is 0 Å². The smallest absolute Gasteiger partial charge is 0.348 e. The lowest BCUT2D eigenvalue weighted by atomic mass is 10.1. The molecule has 1 aliphatic rings. The summed E-state index contributed by atoms with van der Waals surface area (Å²) >= 11 is 1.05. The second kappa shape index (κ2) is 8.61. The van der Waals surface area contributed by atoms with E-state index in [9.17, 15) is 26.0 Å². The van der Waals surface area contributed by atoms with Crippen LogP contribution in [0.5, 0.6) is 0 Å². The molecule has 0 aromatic carbocycles. The summed E-state index contributed by atoms with van der Waals surface area (Å²) in [6, 6.07) is -0.882. The molecule has 1 N–H and O–H groups in total. The number of aromatic nitrogens is 5. The molecule has 1 aliphatic heterocycles. The van der Waals surface area contributed by atoms with E-state index in [1.54, 1.807) is 14.0 Å². The molecule has 4 rings (SSSR count). The molecule has 178 valence electrons. The minimum Gasteiger partial charge on any atom is -0.348 e. The summed E-state index contributed by atoms with van der Waals surface area (Å²) in [5.74, 6) is -0.193. The van der Waals surface area contributed by atoms with Gasteiger partial charge < -0.3 is 5.32 Å². The molecule has 0 saturated carbocycles. The summed E-state index contributed by atoms with van der Waals surface area (Å²) < 4.78 is 82.9. The number of aryl methyl sites for hydroxylation is 2. The van der Waals surface area contributed by atoms with Gasteiger partial charge in [0.15, 0.2) is 0 Å². The second-order valence-corrected chi connectivity index (χ2v) is 10.7. The Morgan fingerprint density at radius 3 is 2.55 bits per heavy atom. The SMILES string of the molecule is Cc1cnc(-c2nc(N[C@H]3CCN(S(=O)(=O)c4cnn(C)c4)C[C@H]3F)ncc2C(F)(F)F)s1. The lowest BCUT2D eigenvalue weighted by molar-refractivity contribution is -0.137. The zero-order valence-electron chi connectivity index (χ0n) is 17.4. The van der Waals surface area contributed by atoms with Crippen LogP contribution in [-0.4, -0.2) is 62.8 Å². The van der Waals surface area contributed by atoms with E-state index < -0.39 is 46.2 Å². The van der Waals surface area contributed by atoms with Crippen LogP contribution < -0.4 is 5.32 Å². The number of sulfonamides is 1. The Morgan fingerprint density at radius 2 is 1.97 bits per heavy atom. The lowest BCUT2D eigenvalue weighted by Crippen LogP contribution is -2.50. The highest BCUT2D eigenvalue weighted by Crippen LogP contribution is 2.37. The van der Waals surface area contributed by atoms with Crippen molar-refractivity contribution in [3.8, 4) is 10.7 Å². The molecule has 0 amide bonds. The lowest BCUT2D eigenvalue weighted by Gasteiger charge is -2.34. The molecule has 3 aromatic rings. The van der Waals surface area contributed by atoms with Crippen LogP contribution in [0.2, 0.25) is 0 Å². The maximum absolute atomic E-state index is 14.9. The Morgan fingerprint density at radius 1 is 1.21 bits per heavy atom. The van der Waals surface area contributed by atoms with Crippen LogP contribution >= 0.6 is 11.3 Å². The number of nitrogens with zero attached hydrogens (tertiary/aromatic N) is 6. The number of piperidine rings is 1. The summed E-state index contributed by atoms with van der Waals surface area (Å²) in [6.45, 7) is 1.29. The van der Waals surface area contributed by atoms with Crippen LogP contribution in [0.4, 0.5) is 23.5 Å². The molecular weight excluding hydrogens is 486 g/mol. The van der Waals surface area contributed by atoms with E-state index in [1.165, 1.54) is 23.3 Å². The van der Waals surface area contributed by atoms with Crippen molar-refractivity contribution in [2.75, 3.05) is 18.4 Å². The molecule has 0 unspecified atom stereocenters. The van der Waals surface area contributed by atoms with Crippen molar-refractivity contribution >= 4 is 27.3 Å². The number of nitrogens with one attached hydrogen (secondary N) is 1. The Bertz CT molecular complexity index is 1260. The van der Waals surface area contributed by atoms with Crippen molar-refractivity contribution in [1.82, 2.24) is 29.0 Å². The number of hydrogen-bond donors (Lipinski definition) is 1. The van der Waals surface area contributed by atoms with Gasteiger partial charge in [-0.25, -0.2) is 27.8 Å². The van der Waals surface area contributed by atoms with E-state index in [4.69, 9.17) is 0 Å². The largest absolute Gasteiger partial charge is 0.420 e. The van der Waals surface area contributed by atoms with Gasteiger partial charge in [0, 0.05) is 43.6 Å². The number of alkyl halides is 4. The third-order valence-electron chi connectivity index (χ3n) is 5.06. The summed E-state index contributed by atoms with van der Waals surface area (Å²) in [6.07, 6.45) is -1.68. The summed E-state index contributed by atoms with van der Waals surface area (Å²) in [5, 5.41) is 6.62. The molecule has 0 spiro atoms. The van der Waals surface area contributed by atoms with Gasteiger partial charge >= 0.3 is 6.18 Å². The minimum absolute atomic E-state index is 0.00841. The molecule has 0 aliphatic carbocycles. The summed E-state index contributed by atoms with van der Waals surface area (Å²) in [7, 11) is -2.35. The first-order chi connectivity index (χ1) is 15.4. The van der Waals surface area contributed by atoms with Crippen LogP contribution in [0, 0.1) is 6.92 Å². The zero-order chi connectivity index (χ0) is 24.0. The monoisotopic (exact) mass is 505 g/mol. The van der Waals surface area contributed by atoms with Crippen molar-refractivity contribution < 1.29 is 26.0 Å². The zero-order valence-corrected chi connectivity index (χ0v) is 19.0. The first kappa shape index (κ1) is 23.5. The highest BCUT2D eigenvalue weighted by Gasteiger charge is 2.38. The molecule has 0 radical (unpaired) electrons. The molecule has 4 heterocycles. The van der Waals surface area contributed by atoms with Crippen LogP contribution in [0.3, 0.4) is 0 Å². The van der Waals surface area contributed by atoms with Gasteiger partial charge in [0.2, 0.25) is 16.0 Å². The van der Waals surface area contributed by atoms with E-state index in [0.29, 0.717) is 11.1 Å². The molecule has 9 nitrogen and oxygen atoms in total. The van der Waals surface area contributed by atoms with Crippen molar-refractivity contribution in [2.24, 2.45) is 7.05 Å².